The molecule has 0 spiro atoms. The molecule has 4 heteroatoms. The van der Waals surface area contributed by atoms with Crippen LogP contribution in [-0.4, -0.2) is 12.5 Å². The molecule has 0 bridgehead atoms. The predicted octanol–water partition coefficient (Wildman–Crippen LogP) is 6.11. The highest BCUT2D eigenvalue weighted by molar-refractivity contribution is 9.10. The highest BCUT2D eigenvalue weighted by Gasteiger charge is 2.15. The number of benzene rings is 2. The molecule has 0 fully saturated rings. The van der Waals surface area contributed by atoms with Gasteiger partial charge >= 0.3 is 0 Å². The van der Waals surface area contributed by atoms with Crippen molar-refractivity contribution in [3.8, 4) is 5.75 Å². The first kappa shape index (κ1) is 20.5. The number of nitrogens with one attached hydrogen (secondary N) is 1. The molecular formula is C22H28BrNO2. The Balaban J connectivity index is 1.76. The van der Waals surface area contributed by atoms with E-state index < -0.39 is 0 Å². The Bertz CT molecular complexity index is 733. The van der Waals surface area contributed by atoms with Crippen LogP contribution in [0.4, 0.5) is 5.69 Å². The molecule has 2 rings (SSSR count). The summed E-state index contributed by atoms with van der Waals surface area (Å²) < 4.78 is 6.76. The summed E-state index contributed by atoms with van der Waals surface area (Å²) in [6.45, 7) is 9.18. The molecule has 0 aliphatic rings. The van der Waals surface area contributed by atoms with E-state index in [2.05, 4.69) is 61.1 Å². The first-order valence-electron chi connectivity index (χ1n) is 9.11. The van der Waals surface area contributed by atoms with E-state index in [1.54, 1.807) is 0 Å². The molecule has 0 radical (unpaired) electrons. The van der Waals surface area contributed by atoms with Gasteiger partial charge in [-0.15, -0.1) is 0 Å². The van der Waals surface area contributed by atoms with Crippen LogP contribution in [-0.2, 0) is 16.6 Å². The van der Waals surface area contributed by atoms with Crippen LogP contribution < -0.4 is 10.1 Å². The van der Waals surface area contributed by atoms with Crippen molar-refractivity contribution >= 4 is 27.5 Å². The summed E-state index contributed by atoms with van der Waals surface area (Å²) in [7, 11) is 0. The lowest BCUT2D eigenvalue weighted by Crippen LogP contribution is -2.13. The molecule has 0 unspecified atom stereocenters. The summed E-state index contributed by atoms with van der Waals surface area (Å²) in [4.78, 5) is 12.0. The van der Waals surface area contributed by atoms with Crippen LogP contribution in [0.15, 0.2) is 46.9 Å². The lowest BCUT2D eigenvalue weighted by atomic mass is 9.87. The molecule has 0 saturated heterocycles. The SMILES string of the molecule is CCc1ccc(NC(=O)CCCOc2ccc(C(C)(C)C)cc2Br)cc1. The van der Waals surface area contributed by atoms with E-state index in [1.165, 1.54) is 11.1 Å². The summed E-state index contributed by atoms with van der Waals surface area (Å²) in [6, 6.07) is 14.1. The summed E-state index contributed by atoms with van der Waals surface area (Å²) in [6.07, 6.45) is 2.11. The topological polar surface area (TPSA) is 38.3 Å². The van der Waals surface area contributed by atoms with Crippen molar-refractivity contribution in [1.82, 2.24) is 0 Å². The Morgan fingerprint density at radius 3 is 2.38 bits per heavy atom. The van der Waals surface area contributed by atoms with Crippen molar-refractivity contribution in [3.05, 3.63) is 58.1 Å². The van der Waals surface area contributed by atoms with Crippen LogP contribution in [0.5, 0.6) is 5.75 Å². The Morgan fingerprint density at radius 1 is 1.12 bits per heavy atom. The van der Waals surface area contributed by atoms with Gasteiger partial charge in [0, 0.05) is 12.1 Å². The van der Waals surface area contributed by atoms with Crippen molar-refractivity contribution in [3.63, 3.8) is 0 Å². The fraction of sp³-hybridized carbons (Fsp3) is 0.409. The van der Waals surface area contributed by atoms with Gasteiger partial charge in [-0.2, -0.15) is 0 Å². The lowest BCUT2D eigenvalue weighted by molar-refractivity contribution is -0.116. The van der Waals surface area contributed by atoms with Gasteiger partial charge in [-0.05, 0) is 69.6 Å². The van der Waals surface area contributed by atoms with Crippen LogP contribution >= 0.6 is 15.9 Å². The number of ether oxygens (including phenoxy) is 1. The average molecular weight is 418 g/mol. The number of carbonyl (C=O) groups is 1. The molecule has 2 aromatic rings. The maximum atomic E-state index is 12.0. The van der Waals surface area contributed by atoms with Crippen molar-refractivity contribution < 1.29 is 9.53 Å². The first-order valence-corrected chi connectivity index (χ1v) is 9.90. The van der Waals surface area contributed by atoms with Crippen molar-refractivity contribution in [2.75, 3.05) is 11.9 Å². The molecule has 0 saturated carbocycles. The van der Waals surface area contributed by atoms with Crippen LogP contribution in [0, 0.1) is 0 Å². The number of amides is 1. The van der Waals surface area contributed by atoms with Crippen LogP contribution in [0.1, 0.15) is 51.7 Å². The van der Waals surface area contributed by atoms with Crippen molar-refractivity contribution in [2.45, 2.75) is 52.4 Å². The third-order valence-corrected chi connectivity index (χ3v) is 4.87. The van der Waals surface area contributed by atoms with Gasteiger partial charge in [0.05, 0.1) is 11.1 Å². The second-order valence-corrected chi connectivity index (χ2v) is 8.30. The van der Waals surface area contributed by atoms with Gasteiger partial charge < -0.3 is 10.1 Å². The molecule has 0 aromatic heterocycles. The van der Waals surface area contributed by atoms with E-state index in [0.29, 0.717) is 19.4 Å². The molecule has 26 heavy (non-hydrogen) atoms. The molecule has 1 amide bonds. The third-order valence-electron chi connectivity index (χ3n) is 4.25. The number of rotatable bonds is 7. The standard InChI is InChI=1S/C22H28BrNO2/c1-5-16-8-11-18(12-9-16)24-21(25)7-6-14-26-20-13-10-17(15-19(20)23)22(2,3)4/h8-13,15H,5-7,14H2,1-4H3,(H,24,25). The van der Waals surface area contributed by atoms with Gasteiger partial charge in [0.25, 0.3) is 0 Å². The minimum Gasteiger partial charge on any atom is -0.492 e. The van der Waals surface area contributed by atoms with Crippen molar-refractivity contribution in [2.24, 2.45) is 0 Å². The zero-order chi connectivity index (χ0) is 19.2. The van der Waals surface area contributed by atoms with E-state index in [1.807, 2.05) is 30.3 Å². The number of halogens is 1. The molecule has 0 aliphatic carbocycles. The Kier molecular flexibility index (Phi) is 7.27. The molecule has 0 aliphatic heterocycles. The number of aryl methyl sites for hydroxylation is 1. The summed E-state index contributed by atoms with van der Waals surface area (Å²) in [5.41, 5.74) is 3.47. The zero-order valence-corrected chi connectivity index (χ0v) is 17.7. The number of carbonyl (C=O) groups excluding carboxylic acids is 1. The fourth-order valence-corrected chi connectivity index (χ4v) is 3.04. The minimum atomic E-state index is 0.0139. The first-order chi connectivity index (χ1) is 12.3. The summed E-state index contributed by atoms with van der Waals surface area (Å²) in [5, 5.41) is 2.92. The van der Waals surface area contributed by atoms with E-state index in [9.17, 15) is 4.79 Å². The van der Waals surface area contributed by atoms with Gasteiger partial charge in [0.15, 0.2) is 0 Å². The maximum Gasteiger partial charge on any atom is 0.224 e. The Morgan fingerprint density at radius 2 is 1.81 bits per heavy atom. The van der Waals surface area contributed by atoms with Gasteiger partial charge in [0.2, 0.25) is 5.91 Å². The number of hydrogen-bond acceptors (Lipinski definition) is 2. The molecule has 0 atom stereocenters. The highest BCUT2D eigenvalue weighted by atomic mass is 79.9. The van der Waals surface area contributed by atoms with E-state index >= 15 is 0 Å². The lowest BCUT2D eigenvalue weighted by Gasteiger charge is -2.20. The summed E-state index contributed by atoms with van der Waals surface area (Å²) >= 11 is 3.57. The van der Waals surface area contributed by atoms with E-state index in [0.717, 1.165) is 22.3 Å². The minimum absolute atomic E-state index is 0.0139. The predicted molar refractivity (Wildman–Crippen MR) is 112 cm³/mol. The largest absolute Gasteiger partial charge is 0.492 e. The van der Waals surface area contributed by atoms with Crippen LogP contribution in [0.2, 0.25) is 0 Å². The van der Waals surface area contributed by atoms with Gasteiger partial charge in [-0.1, -0.05) is 45.9 Å². The van der Waals surface area contributed by atoms with Crippen molar-refractivity contribution in [1.29, 1.82) is 0 Å². The molecule has 140 valence electrons. The summed E-state index contributed by atoms with van der Waals surface area (Å²) in [5.74, 6) is 0.827. The van der Waals surface area contributed by atoms with Gasteiger partial charge in [0.1, 0.15) is 5.75 Å². The molecule has 1 N–H and O–H groups in total. The Hall–Kier alpha value is -1.81. The smallest absolute Gasteiger partial charge is 0.224 e. The third kappa shape index (κ3) is 6.17. The molecule has 0 heterocycles. The van der Waals surface area contributed by atoms with Crippen LogP contribution in [0.25, 0.3) is 0 Å². The fourth-order valence-electron chi connectivity index (χ4n) is 2.55. The Labute approximate surface area is 165 Å². The molecule has 3 nitrogen and oxygen atoms in total. The highest BCUT2D eigenvalue weighted by Crippen LogP contribution is 2.31. The van der Waals surface area contributed by atoms with Crippen LogP contribution in [0.3, 0.4) is 0 Å². The van der Waals surface area contributed by atoms with Gasteiger partial charge in [-0.25, -0.2) is 0 Å². The number of hydrogen-bond donors (Lipinski definition) is 1. The van der Waals surface area contributed by atoms with E-state index in [-0.39, 0.29) is 11.3 Å². The quantitative estimate of drug-likeness (QED) is 0.551. The van der Waals surface area contributed by atoms with Gasteiger partial charge in [-0.3, -0.25) is 4.79 Å². The number of anilines is 1. The zero-order valence-electron chi connectivity index (χ0n) is 16.1. The van der Waals surface area contributed by atoms with E-state index in [4.69, 9.17) is 4.74 Å². The maximum absolute atomic E-state index is 12.0. The monoisotopic (exact) mass is 417 g/mol. The molecular weight excluding hydrogens is 390 g/mol. The molecule has 2 aromatic carbocycles. The normalized spacial score (nSPS) is 11.3. The average Bonchev–Trinajstić information content (AvgIpc) is 2.59. The second-order valence-electron chi connectivity index (χ2n) is 7.45. The second kappa shape index (κ2) is 9.22.